The number of carbonyl (C=O) groups excluding carboxylic acids is 1. The quantitative estimate of drug-likeness (QED) is 0.336. The lowest BCUT2D eigenvalue weighted by molar-refractivity contribution is 0.0595. The lowest BCUT2D eigenvalue weighted by Gasteiger charge is -2.26. The molecule has 0 amide bonds. The summed E-state index contributed by atoms with van der Waals surface area (Å²) in [6, 6.07) is 4.86. The topological polar surface area (TPSA) is 175 Å². The number of rotatable bonds is 2. The molecule has 0 radical (unpaired) electrons. The molecule has 11 heteroatoms. The molecule has 1 aliphatic rings. The number of pyridine rings is 1. The number of benzene rings is 1. The molecular weight excluding hydrogens is 367 g/mol. The van der Waals surface area contributed by atoms with Gasteiger partial charge < -0.3 is 21.5 Å². The highest BCUT2D eigenvalue weighted by Gasteiger charge is 2.32. The molecule has 1 atom stereocenters. The van der Waals surface area contributed by atoms with Crippen LogP contribution in [0.25, 0.3) is 0 Å². The third-order valence-electron chi connectivity index (χ3n) is 4.09. The number of nitrogens with two attached hydrogens (primary N) is 2. The molecule has 1 aromatic carbocycles. The zero-order valence-electron chi connectivity index (χ0n) is 14.4. The zero-order valence-corrected chi connectivity index (χ0v) is 14.4. The fourth-order valence-electron chi connectivity index (χ4n) is 2.83. The Morgan fingerprint density at radius 3 is 2.79 bits per heavy atom. The number of hydrogen-bond acceptors (Lipinski definition) is 10. The van der Waals surface area contributed by atoms with Gasteiger partial charge in [0.15, 0.2) is 6.19 Å². The van der Waals surface area contributed by atoms with Crippen molar-refractivity contribution in [2.75, 3.05) is 23.9 Å². The maximum Gasteiger partial charge on any atom is 0.340 e. The molecule has 0 aliphatic carbocycles. The highest BCUT2D eigenvalue weighted by molar-refractivity contribution is 5.98. The van der Waals surface area contributed by atoms with Gasteiger partial charge >= 0.3 is 5.97 Å². The van der Waals surface area contributed by atoms with E-state index in [1.165, 1.54) is 18.2 Å². The van der Waals surface area contributed by atoms with E-state index in [0.717, 1.165) is 7.11 Å². The number of halogens is 1. The van der Waals surface area contributed by atoms with Gasteiger partial charge in [-0.05, 0) is 6.07 Å². The number of carbonyl (C=O) groups is 1. The number of aromatic nitrogens is 1. The standard InChI is InChI=1S/C17H13FN8O2/c1-28-16(27)8-4-2-3-7(11(8)18)13-10-12(21)9(5-19)14(22)25-15(10)26-17(24-13)23-6-20/h2-4,13H,1H3,(H6,21,22,23,24,25,26). The first-order valence-corrected chi connectivity index (χ1v) is 7.78. The highest BCUT2D eigenvalue weighted by Crippen LogP contribution is 2.41. The smallest absolute Gasteiger partial charge is 0.340 e. The minimum absolute atomic E-state index is 0.0231. The summed E-state index contributed by atoms with van der Waals surface area (Å²) in [5.41, 5.74) is 11.6. The summed E-state index contributed by atoms with van der Waals surface area (Å²) in [6.07, 6.45) is 1.69. The molecule has 0 bridgehead atoms. The Hall–Kier alpha value is -4.38. The van der Waals surface area contributed by atoms with Crippen molar-refractivity contribution < 1.29 is 13.9 Å². The maximum atomic E-state index is 15.1. The van der Waals surface area contributed by atoms with Gasteiger partial charge in [0.1, 0.15) is 35.1 Å². The minimum atomic E-state index is -1.10. The van der Waals surface area contributed by atoms with E-state index >= 15 is 4.39 Å². The summed E-state index contributed by atoms with van der Waals surface area (Å²) < 4.78 is 19.7. The summed E-state index contributed by atoms with van der Waals surface area (Å²) >= 11 is 0. The van der Waals surface area contributed by atoms with E-state index in [4.69, 9.17) is 16.7 Å². The first-order chi connectivity index (χ1) is 13.4. The largest absolute Gasteiger partial charge is 0.465 e. The van der Waals surface area contributed by atoms with Crippen LogP contribution < -0.4 is 22.1 Å². The molecule has 1 unspecified atom stereocenters. The molecule has 2 heterocycles. The van der Waals surface area contributed by atoms with Gasteiger partial charge in [0.05, 0.1) is 18.4 Å². The van der Waals surface area contributed by atoms with E-state index in [-0.39, 0.29) is 45.5 Å². The highest BCUT2D eigenvalue weighted by atomic mass is 19.1. The summed E-state index contributed by atoms with van der Waals surface area (Å²) in [4.78, 5) is 20.2. The number of fused-ring (bicyclic) bond motifs is 1. The van der Waals surface area contributed by atoms with Crippen molar-refractivity contribution in [3.05, 3.63) is 46.3 Å². The van der Waals surface area contributed by atoms with Crippen molar-refractivity contribution in [3.63, 3.8) is 0 Å². The van der Waals surface area contributed by atoms with Gasteiger partial charge in [0.25, 0.3) is 0 Å². The second kappa shape index (κ2) is 7.09. The van der Waals surface area contributed by atoms with Crippen LogP contribution in [0.2, 0.25) is 0 Å². The number of methoxy groups -OCH3 is 1. The second-order valence-corrected chi connectivity index (χ2v) is 5.60. The maximum absolute atomic E-state index is 15.1. The SMILES string of the molecule is COC(=O)c1cccc(C2N=C(NC#N)Nc3nc(N)c(C#N)c(N)c32)c1F. The molecule has 1 aromatic heterocycles. The molecule has 3 rings (SSSR count). The monoisotopic (exact) mass is 380 g/mol. The van der Waals surface area contributed by atoms with E-state index in [1.807, 2.05) is 6.07 Å². The van der Waals surface area contributed by atoms with Crippen LogP contribution in [0.4, 0.5) is 21.7 Å². The number of hydrogen-bond donors (Lipinski definition) is 4. The third kappa shape index (κ3) is 2.87. The van der Waals surface area contributed by atoms with E-state index in [0.29, 0.717) is 0 Å². The molecule has 0 saturated heterocycles. The minimum Gasteiger partial charge on any atom is -0.465 e. The van der Waals surface area contributed by atoms with Crippen molar-refractivity contribution >= 4 is 29.3 Å². The molecule has 0 saturated carbocycles. The average Bonchev–Trinajstić information content (AvgIpc) is 2.67. The van der Waals surface area contributed by atoms with Crippen LogP contribution in [-0.4, -0.2) is 24.0 Å². The van der Waals surface area contributed by atoms with Gasteiger partial charge in [-0.1, -0.05) is 12.1 Å². The average molecular weight is 380 g/mol. The van der Waals surface area contributed by atoms with Crippen LogP contribution in [0.5, 0.6) is 0 Å². The van der Waals surface area contributed by atoms with Crippen molar-refractivity contribution in [1.29, 1.82) is 10.5 Å². The van der Waals surface area contributed by atoms with Gasteiger partial charge in [-0.3, -0.25) is 5.32 Å². The van der Waals surface area contributed by atoms with Crippen molar-refractivity contribution in [2.24, 2.45) is 4.99 Å². The predicted octanol–water partition coefficient (Wildman–Crippen LogP) is 0.985. The Labute approximate surface area is 158 Å². The molecule has 2 aromatic rings. The zero-order chi connectivity index (χ0) is 20.4. The normalized spacial score (nSPS) is 14.6. The van der Waals surface area contributed by atoms with E-state index in [1.54, 1.807) is 6.19 Å². The van der Waals surface area contributed by atoms with Gasteiger partial charge in [-0.15, -0.1) is 0 Å². The Balaban J connectivity index is 2.29. The van der Waals surface area contributed by atoms with Gasteiger partial charge in [-0.2, -0.15) is 10.5 Å². The van der Waals surface area contributed by atoms with Crippen molar-refractivity contribution in [1.82, 2.24) is 10.3 Å². The molecule has 0 spiro atoms. The van der Waals surface area contributed by atoms with Crippen LogP contribution in [-0.2, 0) is 4.74 Å². The third-order valence-corrected chi connectivity index (χ3v) is 4.09. The lowest BCUT2D eigenvalue weighted by atomic mass is 9.93. The molecule has 140 valence electrons. The number of esters is 1. The summed E-state index contributed by atoms with van der Waals surface area (Å²) in [5.74, 6) is -1.79. The summed E-state index contributed by atoms with van der Waals surface area (Å²) in [7, 11) is 1.13. The Bertz CT molecular complexity index is 1100. The number of nitriles is 2. The van der Waals surface area contributed by atoms with Crippen molar-refractivity contribution in [3.8, 4) is 12.3 Å². The molecular formula is C17H13FN8O2. The van der Waals surface area contributed by atoms with Crippen molar-refractivity contribution in [2.45, 2.75) is 6.04 Å². The van der Waals surface area contributed by atoms with Gasteiger partial charge in [0, 0.05) is 11.1 Å². The Kier molecular flexibility index (Phi) is 4.66. The van der Waals surface area contributed by atoms with Crippen LogP contribution in [0.15, 0.2) is 23.2 Å². The predicted molar refractivity (Wildman–Crippen MR) is 97.2 cm³/mol. The van der Waals surface area contributed by atoms with Crippen LogP contribution in [0.3, 0.4) is 0 Å². The molecule has 6 N–H and O–H groups in total. The second-order valence-electron chi connectivity index (χ2n) is 5.60. The summed E-state index contributed by atoms with van der Waals surface area (Å²) in [6.45, 7) is 0. The van der Waals surface area contributed by atoms with Crippen LogP contribution in [0.1, 0.15) is 33.1 Å². The number of guanidine groups is 1. The number of anilines is 3. The van der Waals surface area contributed by atoms with E-state index < -0.39 is 17.8 Å². The molecule has 1 aliphatic heterocycles. The van der Waals surface area contributed by atoms with Crippen LogP contribution in [0, 0.1) is 28.6 Å². The molecule has 28 heavy (non-hydrogen) atoms. The molecule has 10 nitrogen and oxygen atoms in total. The van der Waals surface area contributed by atoms with Crippen LogP contribution >= 0.6 is 0 Å². The Morgan fingerprint density at radius 1 is 1.39 bits per heavy atom. The first kappa shape index (κ1) is 18.4. The number of nitrogen functional groups attached to an aromatic ring is 2. The van der Waals surface area contributed by atoms with E-state index in [2.05, 4.69) is 25.3 Å². The van der Waals surface area contributed by atoms with Gasteiger partial charge in [-0.25, -0.2) is 19.2 Å². The molecule has 0 fully saturated rings. The number of ether oxygens (including phenoxy) is 1. The summed E-state index contributed by atoms with van der Waals surface area (Å²) in [5, 5.41) is 23.2. The fourth-order valence-corrected chi connectivity index (χ4v) is 2.83. The first-order valence-electron chi connectivity index (χ1n) is 7.78. The fraction of sp³-hybridized carbons (Fsp3) is 0.118. The Morgan fingerprint density at radius 2 is 2.14 bits per heavy atom. The van der Waals surface area contributed by atoms with E-state index in [9.17, 15) is 10.1 Å². The lowest BCUT2D eigenvalue weighted by Crippen LogP contribution is -2.33. The van der Waals surface area contributed by atoms with Gasteiger partial charge in [0.2, 0.25) is 5.96 Å². The number of nitrogens with one attached hydrogen (secondary N) is 2. The number of nitrogens with zero attached hydrogens (tertiary/aromatic N) is 4. The number of aliphatic imine (C=N–C) groups is 1.